The lowest BCUT2D eigenvalue weighted by Crippen LogP contribution is -2.62. The highest BCUT2D eigenvalue weighted by atomic mass is 19.4. The van der Waals surface area contributed by atoms with Crippen LogP contribution in [0.15, 0.2) is 47.4 Å². The summed E-state index contributed by atoms with van der Waals surface area (Å²) in [5, 5.41) is 12.0. The maximum Gasteiger partial charge on any atom is 0.389 e. The van der Waals surface area contributed by atoms with Crippen LogP contribution < -0.4 is 5.56 Å². The topological polar surface area (TPSA) is 88.8 Å². The second kappa shape index (κ2) is 11.2. The number of piperidine rings is 1. The van der Waals surface area contributed by atoms with Crippen molar-refractivity contribution in [1.29, 1.82) is 0 Å². The SMILES string of the molecule is CCOC(=O)c1cn(CC2(O)CCN(C(=O)C(C)CC(F)(F)F)CC23CCCC3)c(=O)cc1-c1ccccc1. The quantitative estimate of drug-likeness (QED) is 0.502. The molecule has 1 N–H and O–H groups in total. The molecule has 2 aliphatic rings. The van der Waals surface area contributed by atoms with Crippen LogP contribution in [0.2, 0.25) is 0 Å². The van der Waals surface area contributed by atoms with Gasteiger partial charge in [-0.1, -0.05) is 50.1 Å². The number of nitrogens with zero attached hydrogens (tertiary/aromatic N) is 2. The number of hydrogen-bond donors (Lipinski definition) is 1. The number of benzene rings is 1. The first-order valence-electron chi connectivity index (χ1n) is 13.4. The normalized spacial score (nSPS) is 21.6. The highest BCUT2D eigenvalue weighted by molar-refractivity contribution is 5.96. The van der Waals surface area contributed by atoms with E-state index in [9.17, 15) is 32.7 Å². The van der Waals surface area contributed by atoms with E-state index in [1.54, 1.807) is 31.2 Å². The Balaban J connectivity index is 1.66. The molecule has 1 aliphatic carbocycles. The van der Waals surface area contributed by atoms with Crippen molar-refractivity contribution >= 4 is 11.9 Å². The molecule has 2 unspecified atom stereocenters. The van der Waals surface area contributed by atoms with Gasteiger partial charge in [-0.3, -0.25) is 9.59 Å². The van der Waals surface area contributed by atoms with Crippen LogP contribution in [0.3, 0.4) is 0 Å². The van der Waals surface area contributed by atoms with Gasteiger partial charge >= 0.3 is 12.1 Å². The number of halogens is 3. The highest BCUT2D eigenvalue weighted by Crippen LogP contribution is 2.52. The molecule has 0 bridgehead atoms. The number of aliphatic hydroxyl groups is 1. The molecular weight excluding hydrogens is 513 g/mol. The van der Waals surface area contributed by atoms with Crippen LogP contribution in [0, 0.1) is 11.3 Å². The monoisotopic (exact) mass is 548 g/mol. The lowest BCUT2D eigenvalue weighted by atomic mass is 9.65. The molecule has 39 heavy (non-hydrogen) atoms. The average Bonchev–Trinajstić information content (AvgIpc) is 3.36. The third kappa shape index (κ3) is 6.05. The van der Waals surface area contributed by atoms with E-state index in [-0.39, 0.29) is 38.2 Å². The van der Waals surface area contributed by atoms with Gasteiger partial charge in [0, 0.05) is 42.2 Å². The second-order valence-electron chi connectivity index (χ2n) is 10.9. The van der Waals surface area contributed by atoms with E-state index >= 15 is 0 Å². The zero-order chi connectivity index (χ0) is 28.4. The van der Waals surface area contributed by atoms with E-state index in [0.29, 0.717) is 24.0 Å². The van der Waals surface area contributed by atoms with E-state index in [0.717, 1.165) is 12.8 Å². The van der Waals surface area contributed by atoms with E-state index < -0.39 is 47.0 Å². The molecule has 1 aliphatic heterocycles. The van der Waals surface area contributed by atoms with Crippen LogP contribution in [0.25, 0.3) is 11.1 Å². The van der Waals surface area contributed by atoms with Crippen molar-refractivity contribution in [3.8, 4) is 11.1 Å². The fraction of sp³-hybridized carbons (Fsp3) is 0.552. The molecule has 1 aromatic carbocycles. The van der Waals surface area contributed by atoms with E-state index in [1.807, 2.05) is 6.07 Å². The molecule has 212 valence electrons. The van der Waals surface area contributed by atoms with Crippen LogP contribution in [-0.2, 0) is 16.1 Å². The molecule has 1 saturated carbocycles. The van der Waals surface area contributed by atoms with E-state index in [4.69, 9.17) is 4.74 Å². The minimum atomic E-state index is -4.44. The smallest absolute Gasteiger partial charge is 0.389 e. The molecule has 2 fully saturated rings. The predicted molar refractivity (Wildman–Crippen MR) is 139 cm³/mol. The Bertz CT molecular complexity index is 1250. The van der Waals surface area contributed by atoms with Crippen molar-refractivity contribution in [2.24, 2.45) is 11.3 Å². The number of carbonyl (C=O) groups is 2. The van der Waals surface area contributed by atoms with Crippen molar-refractivity contribution in [2.45, 2.75) is 70.7 Å². The summed E-state index contributed by atoms with van der Waals surface area (Å²) in [5.74, 6) is -2.38. The van der Waals surface area contributed by atoms with Crippen LogP contribution in [0.5, 0.6) is 0 Å². The maximum atomic E-state index is 13.3. The van der Waals surface area contributed by atoms with Gasteiger partial charge in [0.15, 0.2) is 0 Å². The van der Waals surface area contributed by atoms with Crippen LogP contribution in [0.4, 0.5) is 13.2 Å². The van der Waals surface area contributed by atoms with Crippen LogP contribution in [0.1, 0.15) is 62.7 Å². The minimum absolute atomic E-state index is 0.0842. The fourth-order valence-corrected chi connectivity index (χ4v) is 6.24. The summed E-state index contributed by atoms with van der Waals surface area (Å²) in [6.07, 6.45) is -1.33. The third-order valence-corrected chi connectivity index (χ3v) is 8.25. The van der Waals surface area contributed by atoms with Gasteiger partial charge in [0.25, 0.3) is 5.56 Å². The first-order valence-corrected chi connectivity index (χ1v) is 13.4. The minimum Gasteiger partial charge on any atom is -0.462 e. The Labute approximate surface area is 225 Å². The molecule has 1 spiro atoms. The van der Waals surface area contributed by atoms with Crippen molar-refractivity contribution in [1.82, 2.24) is 9.47 Å². The number of aromatic nitrogens is 1. The number of alkyl halides is 3. The molecule has 2 heterocycles. The number of amides is 1. The number of esters is 1. The van der Waals surface area contributed by atoms with Crippen LogP contribution in [-0.4, -0.2) is 57.9 Å². The highest BCUT2D eigenvalue weighted by Gasteiger charge is 2.56. The average molecular weight is 549 g/mol. The lowest BCUT2D eigenvalue weighted by molar-refractivity contribution is -0.172. The van der Waals surface area contributed by atoms with Gasteiger partial charge in [0.2, 0.25) is 5.91 Å². The summed E-state index contributed by atoms with van der Waals surface area (Å²) in [7, 11) is 0. The number of ether oxygens (including phenoxy) is 1. The molecule has 4 rings (SSSR count). The van der Waals surface area contributed by atoms with E-state index in [1.165, 1.54) is 28.7 Å². The summed E-state index contributed by atoms with van der Waals surface area (Å²) in [4.78, 5) is 40.5. The molecule has 1 saturated heterocycles. The number of rotatable bonds is 7. The first kappa shape index (κ1) is 28.9. The van der Waals surface area contributed by atoms with Crippen molar-refractivity contribution in [3.63, 3.8) is 0 Å². The van der Waals surface area contributed by atoms with Gasteiger partial charge in [-0.2, -0.15) is 13.2 Å². The second-order valence-corrected chi connectivity index (χ2v) is 10.9. The maximum absolute atomic E-state index is 13.3. The Hall–Kier alpha value is -3.14. The lowest BCUT2D eigenvalue weighted by Gasteiger charge is -2.52. The number of pyridine rings is 1. The predicted octanol–water partition coefficient (Wildman–Crippen LogP) is 4.80. The first-order chi connectivity index (χ1) is 18.4. The number of likely N-dealkylation sites (tertiary alicyclic amines) is 1. The standard InChI is InChI=1S/C29H35F3N2O5/c1-3-39-26(37)23-17-34(24(35)15-22(23)21-9-5-4-6-10-21)19-28(38)13-14-33(18-27(28)11-7-8-12-27)25(36)20(2)16-29(30,31)32/h4-6,9-10,15,17,20,38H,3,7-8,11-14,16,18-19H2,1-2H3. The zero-order valence-electron chi connectivity index (χ0n) is 22.3. The van der Waals surface area contributed by atoms with Gasteiger partial charge in [-0.25, -0.2) is 4.79 Å². The summed E-state index contributed by atoms with van der Waals surface area (Å²) in [5.41, 5.74) is -1.26. The largest absolute Gasteiger partial charge is 0.462 e. The molecule has 2 atom stereocenters. The zero-order valence-corrected chi connectivity index (χ0v) is 22.3. The molecule has 0 radical (unpaired) electrons. The van der Waals surface area contributed by atoms with Gasteiger partial charge in [0.1, 0.15) is 0 Å². The summed E-state index contributed by atoms with van der Waals surface area (Å²) < 4.78 is 45.4. The Kier molecular flexibility index (Phi) is 8.25. The number of hydrogen-bond acceptors (Lipinski definition) is 5. The third-order valence-electron chi connectivity index (χ3n) is 8.25. The number of carbonyl (C=O) groups excluding carboxylic acids is 2. The molecule has 7 nitrogen and oxygen atoms in total. The summed E-state index contributed by atoms with van der Waals surface area (Å²) >= 11 is 0. The molecular formula is C29H35F3N2O5. The van der Waals surface area contributed by atoms with Gasteiger partial charge in [0.05, 0.1) is 30.7 Å². The Morgan fingerprint density at radius 2 is 1.79 bits per heavy atom. The van der Waals surface area contributed by atoms with Crippen molar-refractivity contribution in [3.05, 3.63) is 58.5 Å². The van der Waals surface area contributed by atoms with Gasteiger partial charge < -0.3 is 19.3 Å². The van der Waals surface area contributed by atoms with Crippen LogP contribution >= 0.6 is 0 Å². The van der Waals surface area contributed by atoms with Crippen molar-refractivity contribution < 1.29 is 32.6 Å². The molecule has 10 heteroatoms. The Morgan fingerprint density at radius 3 is 2.41 bits per heavy atom. The fourth-order valence-electron chi connectivity index (χ4n) is 6.24. The molecule has 2 aromatic rings. The summed E-state index contributed by atoms with van der Waals surface area (Å²) in [6, 6.07) is 10.4. The van der Waals surface area contributed by atoms with Crippen molar-refractivity contribution in [2.75, 3.05) is 19.7 Å². The Morgan fingerprint density at radius 1 is 1.13 bits per heavy atom. The summed E-state index contributed by atoms with van der Waals surface area (Å²) in [6.45, 7) is 3.23. The van der Waals surface area contributed by atoms with E-state index in [2.05, 4.69) is 0 Å². The van der Waals surface area contributed by atoms with Gasteiger partial charge in [-0.05, 0) is 31.7 Å². The molecule has 1 amide bonds. The molecule has 1 aromatic heterocycles. The van der Waals surface area contributed by atoms with Gasteiger partial charge in [-0.15, -0.1) is 0 Å².